The van der Waals surface area contributed by atoms with E-state index >= 15 is 0 Å². The molecule has 1 unspecified atom stereocenters. The molecule has 0 fully saturated rings. The molecule has 2 aromatic heterocycles. The number of ether oxygens (including phenoxy) is 1. The molecule has 0 bridgehead atoms. The standard InChI is InChI=1S/C14H17BrN2OS/c1-3-7-16-12(13-11(15)6-9-19-13)10-5-4-8-17-14(10)18-2/h4-6,8-9,12,16H,3,7H2,1-2H3. The van der Waals surface area contributed by atoms with E-state index in [9.17, 15) is 0 Å². The Kier molecular flexibility index (Phi) is 5.36. The fourth-order valence-corrected chi connectivity index (χ4v) is 3.63. The first kappa shape index (κ1) is 14.5. The Hall–Kier alpha value is -0.910. The maximum atomic E-state index is 5.38. The van der Waals surface area contributed by atoms with Crippen molar-refractivity contribution < 1.29 is 4.74 Å². The van der Waals surface area contributed by atoms with Crippen molar-refractivity contribution in [3.63, 3.8) is 0 Å². The molecule has 0 saturated heterocycles. The van der Waals surface area contributed by atoms with Crippen LogP contribution in [0.5, 0.6) is 5.88 Å². The Bertz CT molecular complexity index is 530. The van der Waals surface area contributed by atoms with Gasteiger partial charge in [-0.1, -0.05) is 13.0 Å². The second-order valence-electron chi connectivity index (χ2n) is 4.12. The van der Waals surface area contributed by atoms with E-state index in [1.54, 1.807) is 24.6 Å². The number of halogens is 1. The summed E-state index contributed by atoms with van der Waals surface area (Å²) in [7, 11) is 1.66. The van der Waals surface area contributed by atoms with Crippen LogP contribution in [0.3, 0.4) is 0 Å². The summed E-state index contributed by atoms with van der Waals surface area (Å²) in [6.45, 7) is 3.11. The summed E-state index contributed by atoms with van der Waals surface area (Å²) in [5, 5.41) is 5.65. The van der Waals surface area contributed by atoms with Crippen molar-refractivity contribution in [3.05, 3.63) is 44.7 Å². The van der Waals surface area contributed by atoms with E-state index in [1.807, 2.05) is 6.07 Å². The van der Waals surface area contributed by atoms with Gasteiger partial charge < -0.3 is 10.1 Å². The number of pyridine rings is 1. The van der Waals surface area contributed by atoms with Crippen LogP contribution in [0, 0.1) is 0 Å². The Morgan fingerprint density at radius 1 is 1.47 bits per heavy atom. The van der Waals surface area contributed by atoms with Crippen LogP contribution in [0.25, 0.3) is 0 Å². The zero-order chi connectivity index (χ0) is 13.7. The molecule has 1 N–H and O–H groups in total. The van der Waals surface area contributed by atoms with Crippen molar-refractivity contribution in [2.75, 3.05) is 13.7 Å². The van der Waals surface area contributed by atoms with E-state index < -0.39 is 0 Å². The van der Waals surface area contributed by atoms with Gasteiger partial charge >= 0.3 is 0 Å². The first-order chi connectivity index (χ1) is 9.27. The summed E-state index contributed by atoms with van der Waals surface area (Å²) in [6, 6.07) is 6.19. The van der Waals surface area contributed by atoms with E-state index in [4.69, 9.17) is 4.74 Å². The first-order valence-corrected chi connectivity index (χ1v) is 7.90. The Morgan fingerprint density at radius 2 is 2.32 bits per heavy atom. The third-order valence-electron chi connectivity index (χ3n) is 2.81. The molecular formula is C14H17BrN2OS. The van der Waals surface area contributed by atoms with Gasteiger partial charge in [-0.2, -0.15) is 0 Å². The molecule has 2 aromatic rings. The number of nitrogens with one attached hydrogen (secondary N) is 1. The molecular weight excluding hydrogens is 324 g/mol. The third-order valence-corrected chi connectivity index (χ3v) is 4.75. The molecule has 0 aliphatic heterocycles. The summed E-state index contributed by atoms with van der Waals surface area (Å²) in [5.41, 5.74) is 1.07. The lowest BCUT2D eigenvalue weighted by Crippen LogP contribution is -2.23. The Balaban J connectivity index is 2.40. The molecule has 3 nitrogen and oxygen atoms in total. The van der Waals surface area contributed by atoms with Crippen LogP contribution < -0.4 is 10.1 Å². The third kappa shape index (κ3) is 3.35. The number of hydrogen-bond acceptors (Lipinski definition) is 4. The van der Waals surface area contributed by atoms with Crippen LogP contribution in [-0.4, -0.2) is 18.6 Å². The van der Waals surface area contributed by atoms with Gasteiger partial charge in [0.2, 0.25) is 5.88 Å². The maximum absolute atomic E-state index is 5.38. The van der Waals surface area contributed by atoms with Crippen LogP contribution >= 0.6 is 27.3 Å². The lowest BCUT2D eigenvalue weighted by Gasteiger charge is -2.20. The highest BCUT2D eigenvalue weighted by Crippen LogP contribution is 2.35. The molecule has 1 atom stereocenters. The number of hydrogen-bond donors (Lipinski definition) is 1. The molecule has 2 heterocycles. The summed E-state index contributed by atoms with van der Waals surface area (Å²) in [6.07, 6.45) is 2.84. The number of rotatable bonds is 6. The average Bonchev–Trinajstić information content (AvgIpc) is 2.86. The molecule has 0 spiro atoms. The summed E-state index contributed by atoms with van der Waals surface area (Å²) in [4.78, 5) is 5.54. The van der Waals surface area contributed by atoms with E-state index in [-0.39, 0.29) is 6.04 Å². The zero-order valence-corrected chi connectivity index (χ0v) is 13.4. The van der Waals surface area contributed by atoms with Crippen LogP contribution in [0.15, 0.2) is 34.2 Å². The Labute approximate surface area is 126 Å². The molecule has 19 heavy (non-hydrogen) atoms. The maximum Gasteiger partial charge on any atom is 0.218 e. The quantitative estimate of drug-likeness (QED) is 0.862. The van der Waals surface area contributed by atoms with E-state index in [1.165, 1.54) is 4.88 Å². The lowest BCUT2D eigenvalue weighted by molar-refractivity contribution is 0.387. The van der Waals surface area contributed by atoms with Gasteiger partial charge in [-0.3, -0.25) is 0 Å². The SMILES string of the molecule is CCCNC(c1cccnc1OC)c1sccc1Br. The highest BCUT2D eigenvalue weighted by atomic mass is 79.9. The average molecular weight is 341 g/mol. The van der Waals surface area contributed by atoms with E-state index in [0.29, 0.717) is 5.88 Å². The number of aromatic nitrogens is 1. The molecule has 5 heteroatoms. The molecule has 0 aliphatic rings. The normalized spacial score (nSPS) is 12.4. The number of nitrogens with zero attached hydrogens (tertiary/aromatic N) is 1. The highest BCUT2D eigenvalue weighted by Gasteiger charge is 2.21. The van der Waals surface area contributed by atoms with E-state index in [2.05, 4.69) is 50.7 Å². The zero-order valence-electron chi connectivity index (χ0n) is 11.0. The predicted molar refractivity (Wildman–Crippen MR) is 82.9 cm³/mol. The minimum Gasteiger partial charge on any atom is -0.481 e. The monoisotopic (exact) mass is 340 g/mol. The van der Waals surface area contributed by atoms with Crippen LogP contribution in [-0.2, 0) is 0 Å². The van der Waals surface area contributed by atoms with Gasteiger partial charge in [-0.25, -0.2) is 4.98 Å². The van der Waals surface area contributed by atoms with Crippen molar-refractivity contribution in [3.8, 4) is 5.88 Å². The van der Waals surface area contributed by atoms with Crippen molar-refractivity contribution in [1.29, 1.82) is 0 Å². The van der Waals surface area contributed by atoms with Crippen LogP contribution in [0.4, 0.5) is 0 Å². The largest absolute Gasteiger partial charge is 0.481 e. The van der Waals surface area contributed by atoms with Crippen molar-refractivity contribution in [1.82, 2.24) is 10.3 Å². The topological polar surface area (TPSA) is 34.2 Å². The molecule has 102 valence electrons. The predicted octanol–water partition coefficient (Wildman–Crippen LogP) is 4.00. The first-order valence-electron chi connectivity index (χ1n) is 6.23. The lowest BCUT2D eigenvalue weighted by atomic mass is 10.1. The number of methoxy groups -OCH3 is 1. The summed E-state index contributed by atoms with van der Waals surface area (Å²) < 4.78 is 6.50. The fraction of sp³-hybridized carbons (Fsp3) is 0.357. The van der Waals surface area contributed by atoms with Gasteiger partial charge in [-0.05, 0) is 46.4 Å². The van der Waals surface area contributed by atoms with Crippen LogP contribution in [0.2, 0.25) is 0 Å². The van der Waals surface area contributed by atoms with Crippen molar-refractivity contribution in [2.45, 2.75) is 19.4 Å². The molecule has 0 aromatic carbocycles. The minimum absolute atomic E-state index is 0.109. The number of thiophene rings is 1. The van der Waals surface area contributed by atoms with Gasteiger partial charge in [0.05, 0.1) is 13.2 Å². The molecule has 0 saturated carbocycles. The van der Waals surface area contributed by atoms with Crippen molar-refractivity contribution in [2.24, 2.45) is 0 Å². The summed E-state index contributed by atoms with van der Waals surface area (Å²) >= 11 is 5.34. The molecule has 2 rings (SSSR count). The van der Waals surface area contributed by atoms with Gasteiger partial charge in [-0.15, -0.1) is 11.3 Å². The second-order valence-corrected chi connectivity index (χ2v) is 5.92. The van der Waals surface area contributed by atoms with Crippen LogP contribution in [0.1, 0.15) is 29.8 Å². The second kappa shape index (κ2) is 7.03. The summed E-state index contributed by atoms with van der Waals surface area (Å²) in [5.74, 6) is 0.677. The molecule has 0 amide bonds. The van der Waals surface area contributed by atoms with Gasteiger partial charge in [0.25, 0.3) is 0 Å². The molecule has 0 radical (unpaired) electrons. The van der Waals surface area contributed by atoms with E-state index in [0.717, 1.165) is 23.0 Å². The molecule has 0 aliphatic carbocycles. The smallest absolute Gasteiger partial charge is 0.218 e. The Morgan fingerprint density at radius 3 is 2.95 bits per heavy atom. The van der Waals surface area contributed by atoms with Gasteiger partial charge in [0.1, 0.15) is 0 Å². The minimum atomic E-state index is 0.109. The van der Waals surface area contributed by atoms with Gasteiger partial charge in [0, 0.05) is 21.1 Å². The highest BCUT2D eigenvalue weighted by molar-refractivity contribution is 9.10. The fourth-order valence-electron chi connectivity index (χ4n) is 1.94. The van der Waals surface area contributed by atoms with Gasteiger partial charge in [0.15, 0.2) is 0 Å². The van der Waals surface area contributed by atoms with Crippen molar-refractivity contribution >= 4 is 27.3 Å².